The van der Waals surface area contributed by atoms with Gasteiger partial charge < -0.3 is 5.32 Å². The molecule has 0 radical (unpaired) electrons. The smallest absolute Gasteiger partial charge is 0.259 e. The molecule has 1 aromatic rings. The molecule has 0 aliphatic heterocycles. The summed E-state index contributed by atoms with van der Waals surface area (Å²) >= 11 is 0. The van der Waals surface area contributed by atoms with Gasteiger partial charge in [-0.3, -0.25) is 20.2 Å². The second kappa shape index (κ2) is 7.31. The van der Waals surface area contributed by atoms with Crippen molar-refractivity contribution in [2.75, 3.05) is 20.1 Å². The van der Waals surface area contributed by atoms with Crippen LogP contribution in [0, 0.1) is 10.1 Å². The fourth-order valence-corrected chi connectivity index (χ4v) is 1.33. The average Bonchev–Trinajstić information content (AvgIpc) is 2.79. The molecule has 8 nitrogen and oxygen atoms in total. The van der Waals surface area contributed by atoms with Gasteiger partial charge in [0.05, 0.1) is 0 Å². The molecule has 1 aromatic heterocycles. The van der Waals surface area contributed by atoms with Crippen LogP contribution in [-0.4, -0.2) is 46.1 Å². The summed E-state index contributed by atoms with van der Waals surface area (Å²) in [5.41, 5.74) is 0. The molecular formula is C9H16N6O2. The molecule has 0 fully saturated rings. The molecule has 0 amide bonds. The number of unbranched alkanes of at least 4 members (excludes halogenated alkanes) is 1. The van der Waals surface area contributed by atoms with Gasteiger partial charge in [-0.1, -0.05) is 0 Å². The first-order valence-corrected chi connectivity index (χ1v) is 5.38. The average molecular weight is 240 g/mol. The summed E-state index contributed by atoms with van der Waals surface area (Å²) < 4.78 is 0. The Bertz CT molecular complexity index is 362. The first-order valence-electron chi connectivity index (χ1n) is 5.38. The first kappa shape index (κ1) is 13.1. The van der Waals surface area contributed by atoms with Crippen LogP contribution < -0.4 is 5.32 Å². The van der Waals surface area contributed by atoms with Crippen LogP contribution in [0.2, 0.25) is 0 Å². The lowest BCUT2D eigenvalue weighted by molar-refractivity contribution is -0.463. The highest BCUT2D eigenvalue weighted by Gasteiger charge is 2.05. The van der Waals surface area contributed by atoms with E-state index in [9.17, 15) is 10.1 Å². The van der Waals surface area contributed by atoms with Crippen LogP contribution in [0.1, 0.15) is 18.7 Å². The standard InChI is InChI=1S/C9H16N6O2/c1-10-9(6-15(16)17)11-5-3-2-4-8-12-7-13-14-8/h7H,2-6H2,1H3,(H,10,11)(H,12,13,14). The quantitative estimate of drug-likeness (QED) is 0.229. The normalized spacial score (nSPS) is 11.5. The van der Waals surface area contributed by atoms with Gasteiger partial charge in [0.1, 0.15) is 12.2 Å². The minimum atomic E-state index is -0.399. The van der Waals surface area contributed by atoms with Gasteiger partial charge in [-0.15, -0.1) is 0 Å². The van der Waals surface area contributed by atoms with E-state index < -0.39 is 4.92 Å². The van der Waals surface area contributed by atoms with Crippen molar-refractivity contribution in [1.82, 2.24) is 20.5 Å². The highest BCUT2D eigenvalue weighted by atomic mass is 16.6. The third kappa shape index (κ3) is 5.59. The summed E-state index contributed by atoms with van der Waals surface area (Å²) in [6, 6.07) is 0. The van der Waals surface area contributed by atoms with Gasteiger partial charge in [-0.05, 0) is 12.8 Å². The first-order chi connectivity index (χ1) is 8.22. The van der Waals surface area contributed by atoms with E-state index in [1.54, 1.807) is 7.05 Å². The van der Waals surface area contributed by atoms with Crippen molar-refractivity contribution >= 4 is 5.84 Å². The number of hydrogen-bond donors (Lipinski definition) is 2. The Kier molecular flexibility index (Phi) is 5.62. The molecule has 0 bridgehead atoms. The minimum Gasteiger partial charge on any atom is -0.368 e. The number of nitrogens with one attached hydrogen (secondary N) is 2. The molecule has 0 spiro atoms. The summed E-state index contributed by atoms with van der Waals surface area (Å²) in [6.07, 6.45) is 4.15. The number of aliphatic imine (C=N–C) groups is 1. The summed E-state index contributed by atoms with van der Waals surface area (Å²) in [6.45, 7) is 0.424. The van der Waals surface area contributed by atoms with Crippen molar-refractivity contribution in [1.29, 1.82) is 0 Å². The molecule has 0 saturated carbocycles. The van der Waals surface area contributed by atoms with Crippen LogP contribution in [0.4, 0.5) is 0 Å². The van der Waals surface area contributed by atoms with Crippen molar-refractivity contribution in [3.05, 3.63) is 22.3 Å². The minimum absolute atomic E-state index is 0.251. The van der Waals surface area contributed by atoms with Crippen molar-refractivity contribution < 1.29 is 4.92 Å². The number of nitrogens with zero attached hydrogens (tertiary/aromatic N) is 4. The molecule has 0 unspecified atom stereocenters. The Hall–Kier alpha value is -1.99. The molecule has 8 heteroatoms. The van der Waals surface area contributed by atoms with Gasteiger partial charge in [0.25, 0.3) is 6.54 Å². The summed E-state index contributed by atoms with van der Waals surface area (Å²) in [5, 5.41) is 19.8. The van der Waals surface area contributed by atoms with Crippen molar-refractivity contribution in [2.24, 2.45) is 4.99 Å². The second-order valence-corrected chi connectivity index (χ2v) is 3.48. The van der Waals surface area contributed by atoms with E-state index in [4.69, 9.17) is 0 Å². The fourth-order valence-electron chi connectivity index (χ4n) is 1.33. The largest absolute Gasteiger partial charge is 0.368 e. The van der Waals surface area contributed by atoms with E-state index in [1.165, 1.54) is 6.33 Å². The number of aromatic amines is 1. The van der Waals surface area contributed by atoms with E-state index in [-0.39, 0.29) is 6.54 Å². The number of aromatic nitrogens is 3. The number of amidine groups is 1. The molecule has 2 N–H and O–H groups in total. The van der Waals surface area contributed by atoms with Gasteiger partial charge in [0.2, 0.25) is 0 Å². The Labute approximate surface area is 98.7 Å². The van der Waals surface area contributed by atoms with Crippen LogP contribution >= 0.6 is 0 Å². The van der Waals surface area contributed by atoms with Gasteiger partial charge in [-0.2, -0.15) is 5.10 Å². The maximum atomic E-state index is 10.3. The molecule has 0 atom stereocenters. The topological polar surface area (TPSA) is 109 Å². The number of aryl methyl sites for hydroxylation is 1. The van der Waals surface area contributed by atoms with Crippen LogP contribution in [0.15, 0.2) is 11.3 Å². The molecule has 94 valence electrons. The summed E-state index contributed by atoms with van der Waals surface area (Å²) in [5.74, 6) is 1.27. The Morgan fingerprint density at radius 3 is 3.06 bits per heavy atom. The summed E-state index contributed by atoms with van der Waals surface area (Å²) in [4.78, 5) is 17.7. The SMILES string of the molecule is CN=C(C[N+](=O)[O-])NCCCCc1ncn[nH]1. The predicted molar refractivity (Wildman–Crippen MR) is 62.5 cm³/mol. The lowest BCUT2D eigenvalue weighted by Crippen LogP contribution is -2.31. The van der Waals surface area contributed by atoms with Gasteiger partial charge in [0, 0.05) is 24.9 Å². The van der Waals surface area contributed by atoms with E-state index >= 15 is 0 Å². The zero-order chi connectivity index (χ0) is 12.5. The van der Waals surface area contributed by atoms with Crippen LogP contribution in [0.3, 0.4) is 0 Å². The van der Waals surface area contributed by atoms with Crippen LogP contribution in [-0.2, 0) is 6.42 Å². The highest BCUT2D eigenvalue weighted by Crippen LogP contribution is 1.96. The fraction of sp³-hybridized carbons (Fsp3) is 0.667. The molecule has 1 heterocycles. The van der Waals surface area contributed by atoms with Crippen molar-refractivity contribution in [3.63, 3.8) is 0 Å². The van der Waals surface area contributed by atoms with Gasteiger partial charge in [-0.25, -0.2) is 4.98 Å². The maximum absolute atomic E-state index is 10.3. The lowest BCUT2D eigenvalue weighted by Gasteiger charge is -2.04. The molecule has 0 aromatic carbocycles. The van der Waals surface area contributed by atoms with Gasteiger partial charge in [0.15, 0.2) is 5.84 Å². The number of hydrogen-bond acceptors (Lipinski definition) is 5. The second-order valence-electron chi connectivity index (χ2n) is 3.48. The van der Waals surface area contributed by atoms with E-state index in [0.717, 1.165) is 25.1 Å². The van der Waals surface area contributed by atoms with E-state index in [2.05, 4.69) is 25.5 Å². The van der Waals surface area contributed by atoms with Crippen LogP contribution in [0.25, 0.3) is 0 Å². The maximum Gasteiger partial charge on any atom is 0.259 e. The number of nitro groups is 1. The zero-order valence-corrected chi connectivity index (χ0v) is 9.72. The molecule has 0 saturated heterocycles. The van der Waals surface area contributed by atoms with E-state index in [1.807, 2.05) is 0 Å². The Morgan fingerprint density at radius 2 is 2.47 bits per heavy atom. The zero-order valence-electron chi connectivity index (χ0n) is 9.72. The highest BCUT2D eigenvalue weighted by molar-refractivity contribution is 5.82. The lowest BCUT2D eigenvalue weighted by atomic mass is 10.2. The monoisotopic (exact) mass is 240 g/mol. The third-order valence-electron chi connectivity index (χ3n) is 2.18. The molecule has 1 rings (SSSR count). The Morgan fingerprint density at radius 1 is 1.65 bits per heavy atom. The number of H-pyrrole nitrogens is 1. The summed E-state index contributed by atoms with van der Waals surface area (Å²) in [7, 11) is 1.54. The van der Waals surface area contributed by atoms with Crippen molar-refractivity contribution in [3.8, 4) is 0 Å². The number of rotatable bonds is 7. The van der Waals surface area contributed by atoms with Gasteiger partial charge >= 0.3 is 0 Å². The van der Waals surface area contributed by atoms with Crippen molar-refractivity contribution in [2.45, 2.75) is 19.3 Å². The predicted octanol–water partition coefficient (Wildman–Crippen LogP) is 0.0220. The van der Waals surface area contributed by atoms with Crippen LogP contribution in [0.5, 0.6) is 0 Å². The molecule has 0 aliphatic rings. The molecule has 17 heavy (non-hydrogen) atoms. The van der Waals surface area contributed by atoms with E-state index in [0.29, 0.717) is 12.4 Å². The third-order valence-corrected chi connectivity index (χ3v) is 2.18. The molecular weight excluding hydrogens is 224 g/mol. The molecule has 0 aliphatic carbocycles. The Balaban J connectivity index is 2.09.